The van der Waals surface area contributed by atoms with Gasteiger partial charge in [0.1, 0.15) is 0 Å². The molecule has 3 N–H and O–H groups in total. The number of amides is 1. The van der Waals surface area contributed by atoms with Crippen LogP contribution < -0.4 is 5.32 Å². The van der Waals surface area contributed by atoms with Crippen molar-refractivity contribution >= 4 is 5.91 Å². The summed E-state index contributed by atoms with van der Waals surface area (Å²) >= 11 is 0. The Kier molecular flexibility index (Phi) is 5.31. The van der Waals surface area contributed by atoms with Crippen LogP contribution in [0.2, 0.25) is 0 Å². The van der Waals surface area contributed by atoms with Crippen LogP contribution in [0, 0.1) is 0 Å². The first-order chi connectivity index (χ1) is 9.29. The molecular formula is C16H25NO3. The third-order valence-corrected chi connectivity index (χ3v) is 3.64. The number of aliphatic hydroxyl groups is 2. The van der Waals surface area contributed by atoms with Gasteiger partial charge in [-0.25, -0.2) is 0 Å². The Bertz CT molecular complexity index is 451. The lowest BCUT2D eigenvalue weighted by molar-refractivity contribution is 0.0651. The molecule has 0 aliphatic heterocycles. The number of hydrogen-bond acceptors (Lipinski definition) is 3. The van der Waals surface area contributed by atoms with E-state index in [9.17, 15) is 15.0 Å². The highest BCUT2D eigenvalue weighted by Crippen LogP contribution is 2.26. The van der Waals surface area contributed by atoms with Crippen LogP contribution in [0.25, 0.3) is 0 Å². The predicted molar refractivity (Wildman–Crippen MR) is 79.8 cm³/mol. The summed E-state index contributed by atoms with van der Waals surface area (Å²) in [5, 5.41) is 21.6. The van der Waals surface area contributed by atoms with E-state index in [0.29, 0.717) is 12.0 Å². The molecule has 0 aromatic heterocycles. The summed E-state index contributed by atoms with van der Waals surface area (Å²) in [5.41, 5.74) is 0.404. The third kappa shape index (κ3) is 3.58. The molecule has 0 atom stereocenters. The topological polar surface area (TPSA) is 69.6 Å². The van der Waals surface area contributed by atoms with Gasteiger partial charge >= 0.3 is 0 Å². The molecule has 0 heterocycles. The maximum Gasteiger partial charge on any atom is 0.252 e. The Hall–Kier alpha value is -1.39. The van der Waals surface area contributed by atoms with Crippen LogP contribution in [0.4, 0.5) is 0 Å². The zero-order chi connectivity index (χ0) is 15.4. The van der Waals surface area contributed by atoms with Crippen molar-refractivity contribution in [1.29, 1.82) is 0 Å². The van der Waals surface area contributed by atoms with Gasteiger partial charge in [0.25, 0.3) is 5.91 Å². The molecule has 1 aromatic rings. The molecule has 1 rings (SSSR count). The Morgan fingerprint density at radius 1 is 1.15 bits per heavy atom. The monoisotopic (exact) mass is 279 g/mol. The van der Waals surface area contributed by atoms with Crippen molar-refractivity contribution in [3.8, 4) is 0 Å². The molecule has 0 aliphatic carbocycles. The zero-order valence-corrected chi connectivity index (χ0v) is 12.7. The van der Waals surface area contributed by atoms with Gasteiger partial charge in [0.15, 0.2) is 0 Å². The maximum absolute atomic E-state index is 12.5. The van der Waals surface area contributed by atoms with Gasteiger partial charge in [-0.3, -0.25) is 4.79 Å². The van der Waals surface area contributed by atoms with Gasteiger partial charge in [0.2, 0.25) is 0 Å². The summed E-state index contributed by atoms with van der Waals surface area (Å²) in [5.74, 6) is -0.263. The number of benzene rings is 1. The van der Waals surface area contributed by atoms with Crippen LogP contribution in [-0.4, -0.2) is 34.9 Å². The third-order valence-electron chi connectivity index (χ3n) is 3.64. The van der Waals surface area contributed by atoms with Crippen LogP contribution >= 0.6 is 0 Å². The zero-order valence-electron chi connectivity index (χ0n) is 12.7. The molecule has 0 unspecified atom stereocenters. The number of nitrogens with one attached hydrogen (secondary N) is 1. The molecule has 20 heavy (non-hydrogen) atoms. The maximum atomic E-state index is 12.5. The van der Waals surface area contributed by atoms with Crippen molar-refractivity contribution < 1.29 is 15.0 Å². The van der Waals surface area contributed by atoms with E-state index in [1.54, 1.807) is 6.07 Å². The van der Waals surface area contributed by atoms with Crippen molar-refractivity contribution in [3.05, 3.63) is 35.4 Å². The summed E-state index contributed by atoms with van der Waals surface area (Å²) in [6.07, 6.45) is 0.462. The van der Waals surface area contributed by atoms with Gasteiger partial charge in [-0.1, -0.05) is 45.9 Å². The number of hydrogen-bond donors (Lipinski definition) is 3. The van der Waals surface area contributed by atoms with Gasteiger partial charge in [-0.15, -0.1) is 0 Å². The Morgan fingerprint density at radius 3 is 2.15 bits per heavy atom. The van der Waals surface area contributed by atoms with Crippen molar-refractivity contribution in [1.82, 2.24) is 5.32 Å². The van der Waals surface area contributed by atoms with E-state index in [2.05, 4.69) is 5.32 Å². The molecule has 112 valence electrons. The van der Waals surface area contributed by atoms with E-state index in [-0.39, 0.29) is 24.5 Å². The lowest BCUT2D eigenvalue weighted by Gasteiger charge is -2.31. The van der Waals surface area contributed by atoms with Crippen LogP contribution in [0.1, 0.15) is 50.0 Å². The molecule has 1 aromatic carbocycles. The second-order valence-corrected chi connectivity index (χ2v) is 6.20. The number of aliphatic hydroxyl groups excluding tert-OH is 2. The lowest BCUT2D eigenvalue weighted by atomic mass is 9.83. The molecule has 0 fully saturated rings. The minimum absolute atomic E-state index is 0.152. The van der Waals surface area contributed by atoms with Gasteiger partial charge in [-0.2, -0.15) is 0 Å². The molecule has 1 amide bonds. The SMILES string of the molecule is CCC(CO)(CO)NC(=O)c1ccccc1C(C)(C)C. The van der Waals surface area contributed by atoms with Crippen molar-refractivity contribution in [2.75, 3.05) is 13.2 Å². The van der Waals surface area contributed by atoms with Crippen molar-refractivity contribution in [2.24, 2.45) is 0 Å². The van der Waals surface area contributed by atoms with Crippen LogP contribution in [0.3, 0.4) is 0 Å². The fourth-order valence-corrected chi connectivity index (χ4v) is 2.08. The fraction of sp³-hybridized carbons (Fsp3) is 0.562. The predicted octanol–water partition coefficient (Wildman–Crippen LogP) is 1.85. The van der Waals surface area contributed by atoms with E-state index in [4.69, 9.17) is 0 Å². The minimum atomic E-state index is -0.970. The number of rotatable bonds is 5. The molecule has 4 heteroatoms. The first kappa shape index (κ1) is 16.7. The van der Waals surface area contributed by atoms with Crippen LogP contribution in [0.15, 0.2) is 24.3 Å². The van der Waals surface area contributed by atoms with Crippen molar-refractivity contribution in [2.45, 2.75) is 45.1 Å². The van der Waals surface area contributed by atoms with Gasteiger partial charge in [-0.05, 0) is 23.5 Å². The molecule has 0 bridgehead atoms. The normalized spacial score (nSPS) is 12.3. The second-order valence-electron chi connectivity index (χ2n) is 6.20. The van der Waals surface area contributed by atoms with Gasteiger partial charge in [0.05, 0.1) is 18.8 Å². The first-order valence-electron chi connectivity index (χ1n) is 6.93. The number of carbonyl (C=O) groups is 1. The van der Waals surface area contributed by atoms with E-state index in [1.807, 2.05) is 45.9 Å². The Balaban J connectivity index is 3.11. The standard InChI is InChI=1S/C16H25NO3/c1-5-16(10-18,11-19)17-14(20)12-8-6-7-9-13(12)15(2,3)4/h6-9,18-19H,5,10-11H2,1-4H3,(H,17,20). The van der Waals surface area contributed by atoms with Gasteiger partial charge < -0.3 is 15.5 Å². The van der Waals surface area contributed by atoms with Crippen LogP contribution in [0.5, 0.6) is 0 Å². The molecule has 0 saturated heterocycles. The van der Waals surface area contributed by atoms with E-state index in [0.717, 1.165) is 5.56 Å². The lowest BCUT2D eigenvalue weighted by Crippen LogP contribution is -2.54. The van der Waals surface area contributed by atoms with E-state index in [1.165, 1.54) is 0 Å². The average Bonchev–Trinajstić information content (AvgIpc) is 2.44. The Morgan fingerprint density at radius 2 is 1.70 bits per heavy atom. The molecule has 0 saturated carbocycles. The molecule has 4 nitrogen and oxygen atoms in total. The van der Waals surface area contributed by atoms with E-state index >= 15 is 0 Å². The smallest absolute Gasteiger partial charge is 0.252 e. The quantitative estimate of drug-likeness (QED) is 0.770. The van der Waals surface area contributed by atoms with E-state index < -0.39 is 5.54 Å². The molecule has 0 spiro atoms. The highest BCUT2D eigenvalue weighted by atomic mass is 16.3. The average molecular weight is 279 g/mol. The summed E-state index contributed by atoms with van der Waals surface area (Å²) in [4.78, 5) is 12.5. The Labute approximate surface area is 120 Å². The molecular weight excluding hydrogens is 254 g/mol. The second kappa shape index (κ2) is 6.37. The summed E-state index contributed by atoms with van der Waals surface area (Å²) in [6, 6.07) is 7.42. The highest BCUT2D eigenvalue weighted by molar-refractivity contribution is 5.96. The number of carbonyl (C=O) groups excluding carboxylic acids is 1. The first-order valence-corrected chi connectivity index (χ1v) is 6.93. The molecule has 0 aliphatic rings. The minimum Gasteiger partial charge on any atom is -0.394 e. The van der Waals surface area contributed by atoms with Crippen LogP contribution in [-0.2, 0) is 5.41 Å². The molecule has 0 radical (unpaired) electrons. The highest BCUT2D eigenvalue weighted by Gasteiger charge is 2.30. The largest absolute Gasteiger partial charge is 0.394 e. The van der Waals surface area contributed by atoms with Crippen molar-refractivity contribution in [3.63, 3.8) is 0 Å². The summed E-state index contributed by atoms with van der Waals surface area (Å²) < 4.78 is 0. The van der Waals surface area contributed by atoms with Gasteiger partial charge in [0, 0.05) is 5.56 Å². The summed E-state index contributed by atoms with van der Waals surface area (Å²) in [6.45, 7) is 7.38. The summed E-state index contributed by atoms with van der Waals surface area (Å²) in [7, 11) is 0. The fourth-order valence-electron chi connectivity index (χ4n) is 2.08.